The van der Waals surface area contributed by atoms with Crippen LogP contribution in [0.2, 0.25) is 0 Å². The lowest BCUT2D eigenvalue weighted by atomic mass is 10.0. The maximum atomic E-state index is 12.5. The average molecular weight is 379 g/mol. The lowest BCUT2D eigenvalue weighted by molar-refractivity contribution is -0.147. The summed E-state index contributed by atoms with van der Waals surface area (Å²) < 4.78 is 11.2. The summed E-state index contributed by atoms with van der Waals surface area (Å²) >= 11 is 11.5. The van der Waals surface area contributed by atoms with E-state index in [1.165, 1.54) is 0 Å². The van der Waals surface area contributed by atoms with Crippen molar-refractivity contribution in [3.63, 3.8) is 0 Å². The van der Waals surface area contributed by atoms with Gasteiger partial charge in [-0.3, -0.25) is 4.79 Å². The molecule has 5 heteroatoms. The van der Waals surface area contributed by atoms with Gasteiger partial charge in [-0.25, -0.2) is 0 Å². The van der Waals surface area contributed by atoms with Gasteiger partial charge in [0.15, 0.2) is 0 Å². The number of benzene rings is 2. The normalized spacial score (nSPS) is 20.8. The first-order chi connectivity index (χ1) is 11.9. The second-order valence-corrected chi connectivity index (χ2v) is 7.86. The number of allylic oxidation sites excluding steroid dienone is 1. The molecular formula is C20H20Cl2O3. The van der Waals surface area contributed by atoms with Gasteiger partial charge in [-0.2, -0.15) is 0 Å². The molecule has 0 aromatic heterocycles. The molecule has 2 aromatic carbocycles. The summed E-state index contributed by atoms with van der Waals surface area (Å²) in [6.45, 7) is 4.19. The Labute approximate surface area is 157 Å². The molecule has 3 rings (SSSR count). The van der Waals surface area contributed by atoms with Gasteiger partial charge in [-0.05, 0) is 34.2 Å². The number of esters is 1. The summed E-state index contributed by atoms with van der Waals surface area (Å²) in [6.07, 6.45) is 1.72. The molecule has 25 heavy (non-hydrogen) atoms. The molecule has 0 saturated heterocycles. The number of carbonyl (C=O) groups excluding carboxylic acids is 1. The van der Waals surface area contributed by atoms with E-state index in [-0.39, 0.29) is 34.3 Å². The van der Waals surface area contributed by atoms with Crippen LogP contribution in [0.5, 0.6) is 5.75 Å². The second-order valence-electron chi connectivity index (χ2n) is 6.86. The van der Waals surface area contributed by atoms with Gasteiger partial charge in [0.1, 0.15) is 16.8 Å². The first kappa shape index (κ1) is 18.1. The predicted octanol–water partition coefficient (Wildman–Crippen LogP) is 5.48. The maximum Gasteiger partial charge on any atom is 0.310 e. The smallest absolute Gasteiger partial charge is 0.310 e. The van der Waals surface area contributed by atoms with Gasteiger partial charge in [0.2, 0.25) is 0 Å². The highest BCUT2D eigenvalue weighted by Crippen LogP contribution is 2.60. The van der Waals surface area contributed by atoms with Crippen LogP contribution in [-0.4, -0.2) is 13.1 Å². The SMILES string of the molecule is COc1ccc2ccccc2c1COC(=O)C1C(C=C(Cl)Cl)C1(C)C. The van der Waals surface area contributed by atoms with E-state index in [4.69, 9.17) is 32.7 Å². The number of rotatable bonds is 5. The van der Waals surface area contributed by atoms with Crippen LogP contribution >= 0.6 is 23.2 Å². The van der Waals surface area contributed by atoms with E-state index >= 15 is 0 Å². The first-order valence-electron chi connectivity index (χ1n) is 8.10. The van der Waals surface area contributed by atoms with Crippen molar-refractivity contribution in [1.29, 1.82) is 0 Å². The van der Waals surface area contributed by atoms with E-state index in [0.717, 1.165) is 16.3 Å². The monoisotopic (exact) mass is 378 g/mol. The molecule has 0 N–H and O–H groups in total. The van der Waals surface area contributed by atoms with Crippen LogP contribution in [0.25, 0.3) is 10.8 Å². The molecule has 2 aromatic rings. The van der Waals surface area contributed by atoms with Crippen molar-refractivity contribution in [1.82, 2.24) is 0 Å². The highest BCUT2D eigenvalue weighted by Gasteiger charge is 2.61. The first-order valence-corrected chi connectivity index (χ1v) is 8.86. The van der Waals surface area contributed by atoms with Crippen molar-refractivity contribution < 1.29 is 14.3 Å². The minimum atomic E-state index is -0.240. The molecule has 1 saturated carbocycles. The number of halogens is 2. The number of methoxy groups -OCH3 is 1. The third-order valence-corrected chi connectivity index (χ3v) is 5.30. The maximum absolute atomic E-state index is 12.5. The summed E-state index contributed by atoms with van der Waals surface area (Å²) in [6, 6.07) is 11.8. The van der Waals surface area contributed by atoms with Crippen molar-refractivity contribution in [2.75, 3.05) is 7.11 Å². The molecule has 0 spiro atoms. The summed E-state index contributed by atoms with van der Waals surface area (Å²) in [5.74, 6) is 0.234. The van der Waals surface area contributed by atoms with Crippen molar-refractivity contribution in [2.45, 2.75) is 20.5 Å². The van der Waals surface area contributed by atoms with E-state index in [1.807, 2.05) is 50.2 Å². The summed E-state index contributed by atoms with van der Waals surface area (Å²) in [7, 11) is 1.61. The van der Waals surface area contributed by atoms with Gasteiger partial charge in [0.05, 0.1) is 13.0 Å². The molecule has 1 aliphatic carbocycles. The fourth-order valence-electron chi connectivity index (χ4n) is 3.46. The van der Waals surface area contributed by atoms with Crippen molar-refractivity contribution >= 4 is 39.9 Å². The van der Waals surface area contributed by atoms with Gasteiger partial charge in [-0.1, -0.05) is 67.4 Å². The molecule has 0 radical (unpaired) electrons. The lowest BCUT2D eigenvalue weighted by Gasteiger charge is -2.13. The third-order valence-electron chi connectivity index (χ3n) is 5.05. The third kappa shape index (κ3) is 3.49. The van der Waals surface area contributed by atoms with Gasteiger partial charge >= 0.3 is 5.97 Å². The fourth-order valence-corrected chi connectivity index (χ4v) is 3.74. The Morgan fingerprint density at radius 3 is 2.60 bits per heavy atom. The van der Waals surface area contributed by atoms with Crippen molar-refractivity contribution in [3.05, 3.63) is 52.5 Å². The highest BCUT2D eigenvalue weighted by atomic mass is 35.5. The molecule has 0 heterocycles. The molecule has 0 amide bonds. The average Bonchev–Trinajstić information content (AvgIpc) is 3.11. The quantitative estimate of drug-likeness (QED) is 0.645. The van der Waals surface area contributed by atoms with Crippen LogP contribution < -0.4 is 4.74 Å². The fraction of sp³-hybridized carbons (Fsp3) is 0.350. The van der Waals surface area contributed by atoms with E-state index in [1.54, 1.807) is 13.2 Å². The molecule has 3 nitrogen and oxygen atoms in total. The van der Waals surface area contributed by atoms with Crippen molar-refractivity contribution in [3.8, 4) is 5.75 Å². The molecular weight excluding hydrogens is 359 g/mol. The standard InChI is InChI=1S/C20H20Cl2O3/c1-20(2)15(10-17(21)22)18(20)19(23)25-11-14-13-7-5-4-6-12(13)8-9-16(14)24-3/h4-10,15,18H,11H2,1-3H3. The Hall–Kier alpha value is -1.71. The Kier molecular flexibility index (Phi) is 4.99. The molecule has 2 unspecified atom stereocenters. The molecule has 1 aliphatic rings. The summed E-state index contributed by atoms with van der Waals surface area (Å²) in [5, 5.41) is 2.10. The highest BCUT2D eigenvalue weighted by molar-refractivity contribution is 6.55. The second kappa shape index (κ2) is 6.89. The van der Waals surface area contributed by atoms with E-state index in [9.17, 15) is 4.79 Å². The van der Waals surface area contributed by atoms with Crippen LogP contribution in [0.4, 0.5) is 0 Å². The minimum absolute atomic E-state index is 0.000543. The Balaban J connectivity index is 1.79. The number of carbonyl (C=O) groups is 1. The van der Waals surface area contributed by atoms with Crippen LogP contribution in [-0.2, 0) is 16.1 Å². The van der Waals surface area contributed by atoms with Gasteiger partial charge in [-0.15, -0.1) is 0 Å². The van der Waals surface area contributed by atoms with Gasteiger partial charge < -0.3 is 9.47 Å². The zero-order valence-electron chi connectivity index (χ0n) is 14.4. The molecule has 132 valence electrons. The zero-order chi connectivity index (χ0) is 18.2. The molecule has 0 bridgehead atoms. The Morgan fingerprint density at radius 1 is 1.20 bits per heavy atom. The zero-order valence-corrected chi connectivity index (χ0v) is 15.9. The van der Waals surface area contributed by atoms with Crippen molar-refractivity contribution in [2.24, 2.45) is 17.3 Å². The number of hydrogen-bond acceptors (Lipinski definition) is 3. The minimum Gasteiger partial charge on any atom is -0.496 e. The van der Waals surface area contributed by atoms with Crippen LogP contribution in [0.1, 0.15) is 19.4 Å². The molecule has 1 fully saturated rings. The van der Waals surface area contributed by atoms with E-state index < -0.39 is 0 Å². The van der Waals surface area contributed by atoms with Crippen LogP contribution in [0, 0.1) is 17.3 Å². The predicted molar refractivity (Wildman–Crippen MR) is 101 cm³/mol. The largest absolute Gasteiger partial charge is 0.496 e. The summed E-state index contributed by atoms with van der Waals surface area (Å²) in [5.41, 5.74) is 0.671. The van der Waals surface area contributed by atoms with E-state index in [0.29, 0.717) is 5.75 Å². The Bertz CT molecular complexity index is 838. The van der Waals surface area contributed by atoms with E-state index in [2.05, 4.69) is 0 Å². The topological polar surface area (TPSA) is 35.5 Å². The number of fused-ring (bicyclic) bond motifs is 1. The Morgan fingerprint density at radius 2 is 1.92 bits per heavy atom. The molecule has 2 atom stereocenters. The van der Waals surface area contributed by atoms with Gasteiger partial charge in [0.25, 0.3) is 0 Å². The van der Waals surface area contributed by atoms with Crippen LogP contribution in [0.3, 0.4) is 0 Å². The van der Waals surface area contributed by atoms with Crippen LogP contribution in [0.15, 0.2) is 47.0 Å². The summed E-state index contributed by atoms with van der Waals surface area (Å²) in [4.78, 5) is 12.5. The van der Waals surface area contributed by atoms with Gasteiger partial charge in [0, 0.05) is 5.56 Å². The molecule has 0 aliphatic heterocycles. The number of ether oxygens (including phenoxy) is 2. The lowest BCUT2D eigenvalue weighted by Crippen LogP contribution is -2.11. The number of hydrogen-bond donors (Lipinski definition) is 0.